The van der Waals surface area contributed by atoms with E-state index >= 15 is 0 Å². The molecule has 126 valence electrons. The molecular weight excluding hydrogens is 309 g/mol. The smallest absolute Gasteiger partial charge is 0.222 e. The fourth-order valence-electron chi connectivity index (χ4n) is 3.16. The Labute approximate surface area is 141 Å². The fraction of sp³-hybridized carbons (Fsp3) is 0.933. The van der Waals surface area contributed by atoms with Gasteiger partial charge in [0.2, 0.25) is 5.91 Å². The molecule has 0 aromatic heterocycles. The lowest BCUT2D eigenvalue weighted by atomic mass is 9.94. The highest BCUT2D eigenvalue weighted by Gasteiger charge is 2.24. The number of piperidine rings is 1. The molecule has 0 atom stereocenters. The van der Waals surface area contributed by atoms with Crippen LogP contribution < -0.4 is 5.32 Å². The summed E-state index contributed by atoms with van der Waals surface area (Å²) in [6.07, 6.45) is 3.10. The molecule has 0 aromatic carbocycles. The summed E-state index contributed by atoms with van der Waals surface area (Å²) >= 11 is 0. The zero-order valence-electron chi connectivity index (χ0n) is 13.3. The average Bonchev–Trinajstić information content (AvgIpc) is 2.40. The van der Waals surface area contributed by atoms with Gasteiger partial charge in [0.1, 0.15) is 0 Å². The lowest BCUT2D eigenvalue weighted by Crippen LogP contribution is -2.50. The Bertz CT molecular complexity index is 289. The van der Waals surface area contributed by atoms with Crippen molar-refractivity contribution in [3.63, 3.8) is 0 Å². The minimum Gasteiger partial charge on any atom is -0.340 e. The highest BCUT2D eigenvalue weighted by atomic mass is 35.5. The zero-order valence-corrected chi connectivity index (χ0v) is 15.0. The van der Waals surface area contributed by atoms with Gasteiger partial charge in [-0.2, -0.15) is 0 Å². The highest BCUT2D eigenvalue weighted by Crippen LogP contribution is 2.18. The van der Waals surface area contributed by atoms with Crippen LogP contribution in [0.2, 0.25) is 0 Å². The molecule has 1 amide bonds. The van der Waals surface area contributed by atoms with Crippen LogP contribution in [0.1, 0.15) is 33.1 Å². The largest absolute Gasteiger partial charge is 0.340 e. The highest BCUT2D eigenvalue weighted by molar-refractivity contribution is 5.85. The van der Waals surface area contributed by atoms with Crippen molar-refractivity contribution in [1.82, 2.24) is 15.1 Å². The summed E-state index contributed by atoms with van der Waals surface area (Å²) in [5.41, 5.74) is 0. The SMILES string of the molecule is CC(C)CN1CCN(C(=O)CC2CCNCC2)CC1.Cl.Cl. The van der Waals surface area contributed by atoms with Crippen LogP contribution in [-0.4, -0.2) is 61.5 Å². The van der Waals surface area contributed by atoms with Gasteiger partial charge in [0.15, 0.2) is 0 Å². The van der Waals surface area contributed by atoms with Gasteiger partial charge in [-0.3, -0.25) is 9.69 Å². The van der Waals surface area contributed by atoms with Gasteiger partial charge in [0, 0.05) is 39.1 Å². The molecule has 0 spiro atoms. The zero-order chi connectivity index (χ0) is 13.7. The summed E-state index contributed by atoms with van der Waals surface area (Å²) < 4.78 is 0. The minimum absolute atomic E-state index is 0. The number of carbonyl (C=O) groups is 1. The summed E-state index contributed by atoms with van der Waals surface area (Å²) in [4.78, 5) is 16.8. The van der Waals surface area contributed by atoms with Gasteiger partial charge < -0.3 is 10.2 Å². The summed E-state index contributed by atoms with van der Waals surface area (Å²) in [6.45, 7) is 11.8. The second kappa shape index (κ2) is 10.7. The van der Waals surface area contributed by atoms with Crippen molar-refractivity contribution in [3.8, 4) is 0 Å². The number of hydrogen-bond donors (Lipinski definition) is 1. The van der Waals surface area contributed by atoms with Crippen LogP contribution in [0.4, 0.5) is 0 Å². The molecule has 0 bridgehead atoms. The predicted octanol–water partition coefficient (Wildman–Crippen LogP) is 2.02. The molecule has 0 aromatic rings. The molecular formula is C15H31Cl2N3O. The van der Waals surface area contributed by atoms with Gasteiger partial charge in [0.25, 0.3) is 0 Å². The monoisotopic (exact) mass is 339 g/mol. The van der Waals surface area contributed by atoms with Gasteiger partial charge in [-0.25, -0.2) is 0 Å². The van der Waals surface area contributed by atoms with Crippen molar-refractivity contribution in [2.24, 2.45) is 11.8 Å². The van der Waals surface area contributed by atoms with Crippen LogP contribution in [-0.2, 0) is 4.79 Å². The van der Waals surface area contributed by atoms with Crippen molar-refractivity contribution in [2.75, 3.05) is 45.8 Å². The maximum Gasteiger partial charge on any atom is 0.222 e. The van der Waals surface area contributed by atoms with Gasteiger partial charge in [0.05, 0.1) is 0 Å². The maximum absolute atomic E-state index is 12.3. The number of halogens is 2. The van der Waals surface area contributed by atoms with E-state index in [2.05, 4.69) is 29.0 Å². The Balaban J connectivity index is 0.00000200. The first-order valence-electron chi connectivity index (χ1n) is 7.86. The van der Waals surface area contributed by atoms with E-state index in [-0.39, 0.29) is 24.8 Å². The second-order valence-electron chi connectivity index (χ2n) is 6.47. The number of nitrogens with one attached hydrogen (secondary N) is 1. The van der Waals surface area contributed by atoms with E-state index in [1.54, 1.807) is 0 Å². The van der Waals surface area contributed by atoms with E-state index in [0.717, 1.165) is 58.2 Å². The Kier molecular flexibility index (Phi) is 10.6. The third kappa shape index (κ3) is 7.18. The third-order valence-corrected chi connectivity index (χ3v) is 4.27. The van der Waals surface area contributed by atoms with Gasteiger partial charge in [-0.05, 0) is 37.8 Å². The molecule has 2 fully saturated rings. The Morgan fingerprint density at radius 1 is 1.10 bits per heavy atom. The van der Waals surface area contributed by atoms with Crippen molar-refractivity contribution in [3.05, 3.63) is 0 Å². The Hall–Kier alpha value is -0.0300. The van der Waals surface area contributed by atoms with Crippen LogP contribution in [0.3, 0.4) is 0 Å². The van der Waals surface area contributed by atoms with E-state index < -0.39 is 0 Å². The van der Waals surface area contributed by atoms with Crippen molar-refractivity contribution < 1.29 is 4.79 Å². The molecule has 4 nitrogen and oxygen atoms in total. The predicted molar refractivity (Wildman–Crippen MR) is 92.6 cm³/mol. The molecule has 2 aliphatic rings. The molecule has 2 aliphatic heterocycles. The lowest BCUT2D eigenvalue weighted by Gasteiger charge is -2.36. The molecule has 1 N–H and O–H groups in total. The van der Waals surface area contributed by atoms with Gasteiger partial charge in [-0.15, -0.1) is 24.8 Å². The molecule has 0 aliphatic carbocycles. The average molecular weight is 340 g/mol. The lowest BCUT2D eigenvalue weighted by molar-refractivity contribution is -0.134. The van der Waals surface area contributed by atoms with Crippen LogP contribution in [0.5, 0.6) is 0 Å². The number of carbonyl (C=O) groups excluding carboxylic acids is 1. The number of amides is 1. The van der Waals surface area contributed by atoms with Crippen LogP contribution in [0, 0.1) is 11.8 Å². The van der Waals surface area contributed by atoms with E-state index in [1.807, 2.05) is 0 Å². The molecule has 2 saturated heterocycles. The minimum atomic E-state index is 0. The second-order valence-corrected chi connectivity index (χ2v) is 6.47. The molecule has 0 saturated carbocycles. The van der Waals surface area contributed by atoms with E-state index in [1.165, 1.54) is 12.8 Å². The molecule has 2 heterocycles. The molecule has 0 radical (unpaired) electrons. The summed E-state index contributed by atoms with van der Waals surface area (Å²) in [6, 6.07) is 0. The first-order chi connectivity index (χ1) is 9.15. The maximum atomic E-state index is 12.3. The number of piperazine rings is 1. The van der Waals surface area contributed by atoms with Crippen LogP contribution in [0.25, 0.3) is 0 Å². The van der Waals surface area contributed by atoms with Crippen molar-refractivity contribution >= 4 is 30.7 Å². The van der Waals surface area contributed by atoms with E-state index in [0.29, 0.717) is 11.8 Å². The first-order valence-corrected chi connectivity index (χ1v) is 7.86. The van der Waals surface area contributed by atoms with E-state index in [4.69, 9.17) is 0 Å². The summed E-state index contributed by atoms with van der Waals surface area (Å²) in [5.74, 6) is 1.72. The standard InChI is InChI=1S/C15H29N3O.2ClH/c1-13(2)12-17-7-9-18(10-8-17)15(19)11-14-3-5-16-6-4-14;;/h13-14,16H,3-12H2,1-2H3;2*1H. The number of hydrogen-bond acceptors (Lipinski definition) is 3. The van der Waals surface area contributed by atoms with E-state index in [9.17, 15) is 4.79 Å². The van der Waals surface area contributed by atoms with Crippen molar-refractivity contribution in [2.45, 2.75) is 33.1 Å². The topological polar surface area (TPSA) is 35.6 Å². The summed E-state index contributed by atoms with van der Waals surface area (Å²) in [7, 11) is 0. The number of nitrogens with zero attached hydrogens (tertiary/aromatic N) is 2. The Morgan fingerprint density at radius 2 is 1.67 bits per heavy atom. The molecule has 2 rings (SSSR count). The third-order valence-electron chi connectivity index (χ3n) is 4.27. The molecule has 21 heavy (non-hydrogen) atoms. The van der Waals surface area contributed by atoms with Crippen molar-refractivity contribution in [1.29, 1.82) is 0 Å². The summed E-state index contributed by atoms with van der Waals surface area (Å²) in [5, 5.41) is 3.36. The number of rotatable bonds is 4. The first kappa shape index (κ1) is 21.0. The Morgan fingerprint density at radius 3 is 2.19 bits per heavy atom. The fourth-order valence-corrected chi connectivity index (χ4v) is 3.16. The normalized spacial score (nSPS) is 20.8. The van der Waals surface area contributed by atoms with Gasteiger partial charge in [-0.1, -0.05) is 13.8 Å². The van der Waals surface area contributed by atoms with Gasteiger partial charge >= 0.3 is 0 Å². The van der Waals surface area contributed by atoms with Crippen LogP contribution >= 0.6 is 24.8 Å². The molecule has 6 heteroatoms. The molecule has 0 unspecified atom stereocenters. The van der Waals surface area contributed by atoms with Crippen LogP contribution in [0.15, 0.2) is 0 Å². The quantitative estimate of drug-likeness (QED) is 0.851.